The van der Waals surface area contributed by atoms with Crippen LogP contribution in [0.2, 0.25) is 0 Å². The van der Waals surface area contributed by atoms with Crippen LogP contribution >= 0.6 is 0 Å². The number of rotatable bonds is 5. The van der Waals surface area contributed by atoms with E-state index in [0.29, 0.717) is 23.0 Å². The second-order valence-electron chi connectivity index (χ2n) is 6.50. The molecule has 11 heteroatoms. The molecule has 1 atom stereocenters. The third-order valence-corrected chi connectivity index (χ3v) is 4.31. The summed E-state index contributed by atoms with van der Waals surface area (Å²) in [5.74, 6) is -0.0163. The average molecular weight is 400 g/mol. The standard InChI is InChI=1S/C18H17FN6O4/c1-10(26)20-7-14-9-24(18(27)28-14)13-3-4-16(15(19)5-13)25-8-12(6-21-25)17-22-11(2)29-23-17/h3-6,8,14H,7,9H2,1-2H3,(H,20,26)/t14-/m0/s1. The van der Waals surface area contributed by atoms with Crippen LogP contribution in [0.25, 0.3) is 17.1 Å². The SMILES string of the molecule is CC(=O)NC[C@H]1CN(c2ccc(-n3cc(-c4noc(C)n4)cn3)c(F)c2)C(=O)O1. The maximum atomic E-state index is 14.7. The molecule has 1 aromatic carbocycles. The maximum Gasteiger partial charge on any atom is 0.414 e. The largest absolute Gasteiger partial charge is 0.442 e. The van der Waals surface area contributed by atoms with Gasteiger partial charge in [0.2, 0.25) is 17.6 Å². The van der Waals surface area contributed by atoms with Crippen LogP contribution in [0.3, 0.4) is 0 Å². The summed E-state index contributed by atoms with van der Waals surface area (Å²) in [5, 5.41) is 10.5. The van der Waals surface area contributed by atoms with E-state index in [0.717, 1.165) is 0 Å². The molecule has 1 fully saturated rings. The minimum absolute atomic E-state index is 0.197. The Morgan fingerprint density at radius 2 is 2.24 bits per heavy atom. The van der Waals surface area contributed by atoms with Gasteiger partial charge in [0.15, 0.2) is 5.82 Å². The van der Waals surface area contributed by atoms with Crippen LogP contribution in [0.1, 0.15) is 12.8 Å². The summed E-state index contributed by atoms with van der Waals surface area (Å²) in [5.41, 5.74) is 1.12. The third kappa shape index (κ3) is 3.79. The van der Waals surface area contributed by atoms with Crippen molar-refractivity contribution >= 4 is 17.7 Å². The van der Waals surface area contributed by atoms with Crippen molar-refractivity contribution < 1.29 is 23.2 Å². The number of carbonyl (C=O) groups is 2. The van der Waals surface area contributed by atoms with Crippen molar-refractivity contribution in [3.63, 3.8) is 0 Å². The number of hydrogen-bond acceptors (Lipinski definition) is 7. The first-order valence-corrected chi connectivity index (χ1v) is 8.78. The highest BCUT2D eigenvalue weighted by Crippen LogP contribution is 2.26. The van der Waals surface area contributed by atoms with Crippen molar-refractivity contribution in [1.82, 2.24) is 25.2 Å². The van der Waals surface area contributed by atoms with Crippen LogP contribution in [0.5, 0.6) is 0 Å². The minimum atomic E-state index is -0.596. The highest BCUT2D eigenvalue weighted by atomic mass is 19.1. The fraction of sp³-hybridized carbons (Fsp3) is 0.278. The Morgan fingerprint density at radius 1 is 1.41 bits per heavy atom. The molecule has 0 bridgehead atoms. The lowest BCUT2D eigenvalue weighted by Gasteiger charge is -2.14. The van der Waals surface area contributed by atoms with Gasteiger partial charge in [0.25, 0.3) is 0 Å². The lowest BCUT2D eigenvalue weighted by Crippen LogP contribution is -2.33. The molecule has 1 saturated heterocycles. The molecular weight excluding hydrogens is 383 g/mol. The fourth-order valence-electron chi connectivity index (χ4n) is 2.93. The fourth-order valence-corrected chi connectivity index (χ4v) is 2.93. The van der Waals surface area contributed by atoms with Crippen LogP contribution < -0.4 is 10.2 Å². The second kappa shape index (κ2) is 7.34. The summed E-state index contributed by atoms with van der Waals surface area (Å²) in [4.78, 5) is 28.5. The molecule has 3 aromatic rings. The zero-order chi connectivity index (χ0) is 20.5. The Kier molecular flexibility index (Phi) is 4.71. The number of nitrogens with zero attached hydrogens (tertiary/aromatic N) is 5. The predicted molar refractivity (Wildman–Crippen MR) is 97.8 cm³/mol. The molecule has 0 saturated carbocycles. The van der Waals surface area contributed by atoms with Gasteiger partial charge in [0, 0.05) is 20.0 Å². The van der Waals surface area contributed by atoms with Gasteiger partial charge < -0.3 is 14.6 Å². The number of amides is 2. The lowest BCUT2D eigenvalue weighted by atomic mass is 10.2. The van der Waals surface area contributed by atoms with Crippen LogP contribution in [0.15, 0.2) is 35.1 Å². The monoisotopic (exact) mass is 400 g/mol. The van der Waals surface area contributed by atoms with Gasteiger partial charge in [-0.25, -0.2) is 13.9 Å². The van der Waals surface area contributed by atoms with Gasteiger partial charge >= 0.3 is 6.09 Å². The Bertz CT molecular complexity index is 1080. The van der Waals surface area contributed by atoms with E-state index in [-0.39, 0.29) is 24.7 Å². The van der Waals surface area contributed by atoms with Gasteiger partial charge in [0.05, 0.1) is 30.5 Å². The number of carbonyl (C=O) groups excluding carboxylic acids is 2. The summed E-state index contributed by atoms with van der Waals surface area (Å²) < 4.78 is 26.2. The van der Waals surface area contributed by atoms with Crippen molar-refractivity contribution in [2.24, 2.45) is 0 Å². The van der Waals surface area contributed by atoms with E-state index in [9.17, 15) is 14.0 Å². The topological polar surface area (TPSA) is 115 Å². The zero-order valence-electron chi connectivity index (χ0n) is 15.6. The summed E-state index contributed by atoms with van der Waals surface area (Å²) in [6.07, 6.45) is 1.99. The summed E-state index contributed by atoms with van der Waals surface area (Å²) in [6, 6.07) is 4.34. The molecule has 29 heavy (non-hydrogen) atoms. The maximum absolute atomic E-state index is 14.7. The first kappa shape index (κ1) is 18.6. The van der Waals surface area contributed by atoms with Crippen molar-refractivity contribution in [1.29, 1.82) is 0 Å². The summed E-state index contributed by atoms with van der Waals surface area (Å²) >= 11 is 0. The molecule has 10 nitrogen and oxygen atoms in total. The van der Waals surface area contributed by atoms with Gasteiger partial charge in [-0.2, -0.15) is 10.1 Å². The molecule has 0 aliphatic carbocycles. The number of nitrogens with one attached hydrogen (secondary N) is 1. The zero-order valence-corrected chi connectivity index (χ0v) is 15.6. The summed E-state index contributed by atoms with van der Waals surface area (Å²) in [7, 11) is 0. The molecular formula is C18H17FN6O4. The van der Waals surface area contributed by atoms with E-state index in [4.69, 9.17) is 9.26 Å². The smallest absolute Gasteiger partial charge is 0.414 e. The predicted octanol–water partition coefficient (Wildman–Crippen LogP) is 1.83. The van der Waals surface area contributed by atoms with Crippen molar-refractivity contribution in [2.75, 3.05) is 18.0 Å². The van der Waals surface area contributed by atoms with Crippen LogP contribution in [0, 0.1) is 12.7 Å². The van der Waals surface area contributed by atoms with Gasteiger partial charge in [-0.15, -0.1) is 0 Å². The van der Waals surface area contributed by atoms with E-state index in [1.54, 1.807) is 19.2 Å². The number of halogens is 1. The van der Waals surface area contributed by atoms with Gasteiger partial charge in [0.1, 0.15) is 11.8 Å². The molecule has 2 aromatic heterocycles. The van der Waals surface area contributed by atoms with Gasteiger partial charge in [-0.1, -0.05) is 5.16 Å². The van der Waals surface area contributed by atoms with Crippen LogP contribution in [-0.2, 0) is 9.53 Å². The number of anilines is 1. The molecule has 2 amide bonds. The van der Waals surface area contributed by atoms with Crippen LogP contribution in [0.4, 0.5) is 14.9 Å². The summed E-state index contributed by atoms with van der Waals surface area (Å²) in [6.45, 7) is 3.46. The van der Waals surface area contributed by atoms with Crippen molar-refractivity contribution in [3.8, 4) is 17.1 Å². The number of ether oxygens (including phenoxy) is 1. The van der Waals surface area contributed by atoms with Crippen molar-refractivity contribution in [3.05, 3.63) is 42.3 Å². The Morgan fingerprint density at radius 3 is 2.93 bits per heavy atom. The van der Waals surface area contributed by atoms with Gasteiger partial charge in [-0.3, -0.25) is 9.69 Å². The molecule has 1 aliphatic heterocycles. The normalized spacial score (nSPS) is 16.2. The Labute approximate surface area is 164 Å². The quantitative estimate of drug-likeness (QED) is 0.695. The van der Waals surface area contributed by atoms with E-state index < -0.39 is 18.0 Å². The molecule has 0 radical (unpaired) electrons. The molecule has 150 valence electrons. The average Bonchev–Trinajstić information content (AvgIpc) is 3.39. The number of aromatic nitrogens is 4. The second-order valence-corrected chi connectivity index (χ2v) is 6.50. The van der Waals surface area contributed by atoms with E-state index >= 15 is 0 Å². The molecule has 1 aliphatic rings. The van der Waals surface area contributed by atoms with Crippen molar-refractivity contribution in [2.45, 2.75) is 20.0 Å². The molecule has 1 N–H and O–H groups in total. The van der Waals surface area contributed by atoms with E-state index in [1.807, 2.05) is 0 Å². The Hall–Kier alpha value is -3.76. The number of cyclic esters (lactones) is 1. The highest BCUT2D eigenvalue weighted by Gasteiger charge is 2.32. The molecule has 4 rings (SSSR count). The Balaban J connectivity index is 1.52. The van der Waals surface area contributed by atoms with E-state index in [1.165, 1.54) is 34.8 Å². The first-order valence-electron chi connectivity index (χ1n) is 8.78. The number of hydrogen-bond donors (Lipinski definition) is 1. The molecule has 3 heterocycles. The molecule has 0 spiro atoms. The van der Waals surface area contributed by atoms with Crippen LogP contribution in [-0.4, -0.2) is 51.1 Å². The van der Waals surface area contributed by atoms with Gasteiger partial charge in [-0.05, 0) is 18.2 Å². The number of aryl methyl sites for hydroxylation is 1. The third-order valence-electron chi connectivity index (χ3n) is 4.31. The minimum Gasteiger partial charge on any atom is -0.442 e. The molecule has 0 unspecified atom stereocenters. The first-order chi connectivity index (χ1) is 13.9. The highest BCUT2D eigenvalue weighted by molar-refractivity contribution is 5.90. The lowest BCUT2D eigenvalue weighted by molar-refractivity contribution is -0.119. The van der Waals surface area contributed by atoms with E-state index in [2.05, 4.69) is 20.6 Å². The number of benzene rings is 1.